The van der Waals surface area contributed by atoms with Crippen LogP contribution in [-0.4, -0.2) is 32.6 Å². The summed E-state index contributed by atoms with van der Waals surface area (Å²) in [5, 5.41) is 22.3. The second kappa shape index (κ2) is 5.69. The molecule has 2 aromatic rings. The number of aryl methyl sites for hydroxylation is 3. The van der Waals surface area contributed by atoms with E-state index in [0.717, 1.165) is 18.5 Å². The van der Waals surface area contributed by atoms with Gasteiger partial charge in [-0.25, -0.2) is 9.48 Å². The van der Waals surface area contributed by atoms with Crippen LogP contribution in [-0.2, 0) is 19.3 Å². The van der Waals surface area contributed by atoms with Gasteiger partial charge in [0.2, 0.25) is 0 Å². The molecule has 21 heavy (non-hydrogen) atoms. The monoisotopic (exact) mass is 286 g/mol. The maximum Gasteiger partial charge on any atom is 0.356 e. The van der Waals surface area contributed by atoms with Gasteiger partial charge in [-0.15, -0.1) is 0 Å². The van der Waals surface area contributed by atoms with Crippen LogP contribution in [0.4, 0.5) is 0 Å². The lowest BCUT2D eigenvalue weighted by atomic mass is 10.1. The lowest BCUT2D eigenvalue weighted by Gasteiger charge is -2.04. The van der Waals surface area contributed by atoms with Crippen LogP contribution < -0.4 is 0 Å². The number of nitrogens with zero attached hydrogens (tertiary/aromatic N) is 2. The fraction of sp³-hybridized carbons (Fsp3) is 0.375. The van der Waals surface area contributed by atoms with E-state index >= 15 is 0 Å². The largest absolute Gasteiger partial charge is 0.476 e. The van der Waals surface area contributed by atoms with Crippen LogP contribution in [0.5, 0.6) is 0 Å². The second-order valence-electron chi connectivity index (χ2n) is 5.39. The second-order valence-corrected chi connectivity index (χ2v) is 5.39. The lowest BCUT2D eigenvalue weighted by molar-refractivity contribution is 0.0688. The van der Waals surface area contributed by atoms with Crippen molar-refractivity contribution < 1.29 is 15.0 Å². The van der Waals surface area contributed by atoms with Crippen LogP contribution >= 0.6 is 0 Å². The molecular formula is C16H18N2O3. The fourth-order valence-corrected chi connectivity index (χ4v) is 2.88. The predicted molar refractivity (Wildman–Crippen MR) is 78.0 cm³/mol. The summed E-state index contributed by atoms with van der Waals surface area (Å²) in [5.41, 5.74) is 4.34. The normalized spacial score (nSPS) is 13.4. The Kier molecular flexibility index (Phi) is 3.75. The highest BCUT2D eigenvalue weighted by atomic mass is 16.4. The number of rotatable bonds is 5. The number of aromatic carboxylic acids is 1. The molecule has 110 valence electrons. The quantitative estimate of drug-likeness (QED) is 0.881. The number of carboxylic acid groups (broad SMARTS) is 1. The Morgan fingerprint density at radius 3 is 2.86 bits per heavy atom. The standard InChI is InChI=1S/C16H18N2O3/c19-8-2-5-13-10-18(17-15(13)16(20)21)14-7-6-11-3-1-4-12(11)9-14/h6-7,9-10,19H,1-5,8H2,(H,20,21). The average Bonchev–Trinajstić information content (AvgIpc) is 3.10. The lowest BCUT2D eigenvalue weighted by Crippen LogP contribution is -2.03. The molecule has 1 heterocycles. The van der Waals surface area contributed by atoms with Crippen molar-refractivity contribution in [3.8, 4) is 5.69 Å². The van der Waals surface area contributed by atoms with Gasteiger partial charge in [-0.3, -0.25) is 0 Å². The molecule has 1 aromatic heterocycles. The summed E-state index contributed by atoms with van der Waals surface area (Å²) in [4.78, 5) is 11.3. The maximum absolute atomic E-state index is 11.3. The molecule has 0 spiro atoms. The van der Waals surface area contributed by atoms with E-state index in [1.165, 1.54) is 17.5 Å². The minimum atomic E-state index is -1.03. The molecule has 2 N–H and O–H groups in total. The average molecular weight is 286 g/mol. The molecule has 1 aromatic carbocycles. The van der Waals surface area contributed by atoms with E-state index in [9.17, 15) is 9.90 Å². The molecule has 0 bridgehead atoms. The van der Waals surface area contributed by atoms with Gasteiger partial charge in [-0.05, 0) is 55.4 Å². The molecule has 0 aliphatic heterocycles. The number of carboxylic acids is 1. The van der Waals surface area contributed by atoms with E-state index in [2.05, 4.69) is 17.2 Å². The Hall–Kier alpha value is -2.14. The Morgan fingerprint density at radius 2 is 2.10 bits per heavy atom. The number of fused-ring (bicyclic) bond motifs is 1. The van der Waals surface area contributed by atoms with Crippen LogP contribution in [0.2, 0.25) is 0 Å². The maximum atomic E-state index is 11.3. The molecule has 5 heteroatoms. The zero-order valence-electron chi connectivity index (χ0n) is 11.7. The van der Waals surface area contributed by atoms with Gasteiger partial charge in [0.25, 0.3) is 0 Å². The molecule has 5 nitrogen and oxygen atoms in total. The Morgan fingerprint density at radius 1 is 1.29 bits per heavy atom. The molecule has 0 fully saturated rings. The van der Waals surface area contributed by atoms with Gasteiger partial charge in [-0.1, -0.05) is 6.07 Å². The SMILES string of the molecule is O=C(O)c1nn(-c2ccc3c(c2)CCC3)cc1CCCO. The van der Waals surface area contributed by atoms with Gasteiger partial charge in [0.15, 0.2) is 5.69 Å². The molecule has 0 atom stereocenters. The highest BCUT2D eigenvalue weighted by Gasteiger charge is 2.17. The van der Waals surface area contributed by atoms with E-state index < -0.39 is 5.97 Å². The number of hydrogen-bond acceptors (Lipinski definition) is 3. The number of aliphatic hydroxyl groups excluding tert-OH is 1. The summed E-state index contributed by atoms with van der Waals surface area (Å²) in [6.45, 7) is 0.0447. The summed E-state index contributed by atoms with van der Waals surface area (Å²) >= 11 is 0. The first-order chi connectivity index (χ1) is 10.2. The first-order valence-electron chi connectivity index (χ1n) is 7.24. The number of benzene rings is 1. The predicted octanol–water partition coefficient (Wildman–Crippen LogP) is 1.98. The van der Waals surface area contributed by atoms with Crippen LogP contribution in [0.3, 0.4) is 0 Å². The van der Waals surface area contributed by atoms with Gasteiger partial charge in [0.1, 0.15) is 0 Å². The molecule has 0 saturated heterocycles. The van der Waals surface area contributed by atoms with E-state index in [0.29, 0.717) is 18.4 Å². The van der Waals surface area contributed by atoms with Crippen LogP contribution in [0, 0.1) is 0 Å². The van der Waals surface area contributed by atoms with Gasteiger partial charge in [0.05, 0.1) is 5.69 Å². The number of aliphatic hydroxyl groups is 1. The molecule has 1 aliphatic carbocycles. The zero-order chi connectivity index (χ0) is 14.8. The summed E-state index contributed by atoms with van der Waals surface area (Å²) in [5.74, 6) is -1.03. The number of hydrogen-bond donors (Lipinski definition) is 2. The minimum Gasteiger partial charge on any atom is -0.476 e. The van der Waals surface area contributed by atoms with Gasteiger partial charge < -0.3 is 10.2 Å². The van der Waals surface area contributed by atoms with Crippen LogP contribution in [0.25, 0.3) is 5.69 Å². The first kappa shape index (κ1) is 13.8. The third-order valence-electron chi connectivity index (χ3n) is 3.94. The molecule has 0 radical (unpaired) electrons. The van der Waals surface area contributed by atoms with Gasteiger partial charge in [-0.2, -0.15) is 5.10 Å². The van der Waals surface area contributed by atoms with Crippen molar-refractivity contribution in [1.82, 2.24) is 9.78 Å². The summed E-state index contributed by atoms with van der Waals surface area (Å²) in [6, 6.07) is 6.18. The molecule has 0 saturated carbocycles. The molecular weight excluding hydrogens is 268 g/mol. The van der Waals surface area contributed by atoms with Crippen molar-refractivity contribution in [2.24, 2.45) is 0 Å². The minimum absolute atomic E-state index is 0.0447. The smallest absolute Gasteiger partial charge is 0.356 e. The number of aromatic nitrogens is 2. The van der Waals surface area contributed by atoms with E-state index in [1.54, 1.807) is 10.9 Å². The van der Waals surface area contributed by atoms with Gasteiger partial charge >= 0.3 is 5.97 Å². The topological polar surface area (TPSA) is 75.3 Å². The molecule has 0 amide bonds. The van der Waals surface area contributed by atoms with Gasteiger partial charge in [0, 0.05) is 18.4 Å². The van der Waals surface area contributed by atoms with Crippen molar-refractivity contribution in [3.05, 3.63) is 46.8 Å². The Bertz CT molecular complexity index is 676. The summed E-state index contributed by atoms with van der Waals surface area (Å²) in [7, 11) is 0. The number of carbonyl (C=O) groups is 1. The van der Waals surface area contributed by atoms with E-state index in [4.69, 9.17) is 5.11 Å². The highest BCUT2D eigenvalue weighted by molar-refractivity contribution is 5.87. The summed E-state index contributed by atoms with van der Waals surface area (Å²) in [6.07, 6.45) is 6.19. The van der Waals surface area contributed by atoms with E-state index in [-0.39, 0.29) is 12.3 Å². The third-order valence-corrected chi connectivity index (χ3v) is 3.94. The fourth-order valence-electron chi connectivity index (χ4n) is 2.88. The van der Waals surface area contributed by atoms with E-state index in [1.807, 2.05) is 6.07 Å². The highest BCUT2D eigenvalue weighted by Crippen LogP contribution is 2.24. The molecule has 0 unspecified atom stereocenters. The molecule has 3 rings (SSSR count). The van der Waals surface area contributed by atoms with Crippen LogP contribution in [0.1, 0.15) is 40.0 Å². The van der Waals surface area contributed by atoms with Crippen molar-refractivity contribution >= 4 is 5.97 Å². The molecule has 1 aliphatic rings. The van der Waals surface area contributed by atoms with Crippen molar-refractivity contribution in [2.75, 3.05) is 6.61 Å². The van der Waals surface area contributed by atoms with Crippen molar-refractivity contribution in [3.63, 3.8) is 0 Å². The van der Waals surface area contributed by atoms with Crippen molar-refractivity contribution in [2.45, 2.75) is 32.1 Å². The Balaban J connectivity index is 1.96. The zero-order valence-corrected chi connectivity index (χ0v) is 11.7. The first-order valence-corrected chi connectivity index (χ1v) is 7.24. The summed E-state index contributed by atoms with van der Waals surface area (Å²) < 4.78 is 1.63. The third kappa shape index (κ3) is 2.69. The van der Waals surface area contributed by atoms with Crippen molar-refractivity contribution in [1.29, 1.82) is 0 Å². The van der Waals surface area contributed by atoms with Crippen LogP contribution in [0.15, 0.2) is 24.4 Å². The Labute approximate surface area is 122 Å².